The van der Waals surface area contributed by atoms with Crippen LogP contribution < -0.4 is 16.2 Å². The van der Waals surface area contributed by atoms with Crippen LogP contribution in [-0.4, -0.2) is 42.9 Å². The number of amidine groups is 1. The fraction of sp³-hybridized carbons (Fsp3) is 0.483. The molecule has 0 saturated carbocycles. The molecule has 1 aromatic rings. The summed E-state index contributed by atoms with van der Waals surface area (Å²) in [6.07, 6.45) is 11.1. The van der Waals surface area contributed by atoms with Crippen LogP contribution in [0.5, 0.6) is 5.75 Å². The van der Waals surface area contributed by atoms with Crippen LogP contribution in [0.4, 0.5) is 0 Å². The zero-order chi connectivity index (χ0) is 28.2. The Morgan fingerprint density at radius 2 is 1.64 bits per heavy atom. The summed E-state index contributed by atoms with van der Waals surface area (Å²) in [5, 5.41) is 0. The fourth-order valence-electron chi connectivity index (χ4n) is 2.20. The summed E-state index contributed by atoms with van der Waals surface area (Å²) in [5.74, 6) is 1.02. The topological polar surface area (TPSA) is 117 Å². The number of aliphatic imine (C=N–C) groups is 1. The normalized spacial score (nSPS) is 12.1. The molecule has 0 aliphatic rings. The second-order valence-corrected chi connectivity index (χ2v) is 9.53. The Labute approximate surface area is 218 Å². The number of primary amides is 1. The van der Waals surface area contributed by atoms with Crippen molar-refractivity contribution in [3.05, 3.63) is 66.3 Å². The van der Waals surface area contributed by atoms with Crippen molar-refractivity contribution in [1.82, 2.24) is 0 Å². The number of carbonyl (C=O) groups excluding carboxylic acids is 2. The van der Waals surface area contributed by atoms with E-state index in [0.29, 0.717) is 18.1 Å². The van der Waals surface area contributed by atoms with Gasteiger partial charge in [0.25, 0.3) is 0 Å². The highest BCUT2D eigenvalue weighted by Crippen LogP contribution is 2.18. The molecule has 0 heterocycles. The highest BCUT2D eigenvalue weighted by Gasteiger charge is 2.17. The van der Waals surface area contributed by atoms with Crippen molar-refractivity contribution in [3.8, 4) is 5.75 Å². The van der Waals surface area contributed by atoms with Gasteiger partial charge in [0.15, 0.2) is 11.9 Å². The van der Waals surface area contributed by atoms with Crippen molar-refractivity contribution in [2.75, 3.05) is 13.7 Å². The number of carbonyl (C=O) groups is 2. The van der Waals surface area contributed by atoms with E-state index in [2.05, 4.69) is 17.3 Å². The van der Waals surface area contributed by atoms with Gasteiger partial charge < -0.3 is 20.9 Å². The van der Waals surface area contributed by atoms with E-state index < -0.39 is 5.60 Å². The van der Waals surface area contributed by atoms with Crippen LogP contribution in [0.1, 0.15) is 66.9 Å². The van der Waals surface area contributed by atoms with E-state index in [1.165, 1.54) is 12.5 Å². The Balaban J connectivity index is 0. The van der Waals surface area contributed by atoms with E-state index in [-0.39, 0.29) is 11.5 Å². The average Bonchev–Trinajstić information content (AvgIpc) is 2.80. The zero-order valence-electron chi connectivity index (χ0n) is 23.5. The Hall–Kier alpha value is -3.19. The standard InChI is InChI=1S/C22H30N2O2.C5H12O.C2H5NO/c1-5-7-9-18(6-2)16-24-21(23)11-8-10-19-12-14-20(15-13-19)26-22(3,4)17-25;1-5(2,3)6-4;1-2(3)4/h5-7,9,12-15,17H,2,8,10-11,16H2,1,3-4H3,(H2,23,24);1-4H3;1H3,(H2,3,4)/b7-5-,18-9+;;. The summed E-state index contributed by atoms with van der Waals surface area (Å²) < 4.78 is 10.6. The molecular weight excluding hydrogens is 454 g/mol. The lowest BCUT2D eigenvalue weighted by Gasteiger charge is -2.19. The number of methoxy groups -OCH3 is 1. The largest absolute Gasteiger partial charge is 0.480 e. The number of amides is 1. The molecule has 0 unspecified atom stereocenters. The molecule has 0 radical (unpaired) electrons. The molecule has 1 amide bonds. The quantitative estimate of drug-likeness (QED) is 0.184. The van der Waals surface area contributed by atoms with Gasteiger partial charge in [-0.3, -0.25) is 14.6 Å². The van der Waals surface area contributed by atoms with E-state index in [9.17, 15) is 9.59 Å². The molecule has 0 atom stereocenters. The first-order chi connectivity index (χ1) is 16.7. The molecule has 0 saturated heterocycles. The average molecular weight is 502 g/mol. The molecule has 36 heavy (non-hydrogen) atoms. The molecule has 4 N–H and O–H groups in total. The van der Waals surface area contributed by atoms with Gasteiger partial charge in [0.1, 0.15) is 5.75 Å². The van der Waals surface area contributed by atoms with Gasteiger partial charge in [-0.2, -0.15) is 0 Å². The summed E-state index contributed by atoms with van der Waals surface area (Å²) in [4.78, 5) is 24.5. The van der Waals surface area contributed by atoms with Gasteiger partial charge >= 0.3 is 0 Å². The SMILES string of the molecule is C=C/C(=C\C=C/C)CN=C(N)CCCc1ccc(OC(C)(C)C=O)cc1.CC(N)=O.COC(C)(C)C. The molecule has 7 nitrogen and oxygen atoms in total. The molecule has 0 aliphatic heterocycles. The van der Waals surface area contributed by atoms with Gasteiger partial charge in [0.2, 0.25) is 5.91 Å². The van der Waals surface area contributed by atoms with Gasteiger partial charge in [-0.05, 0) is 77.7 Å². The maximum Gasteiger partial charge on any atom is 0.214 e. The maximum absolute atomic E-state index is 10.9. The van der Waals surface area contributed by atoms with Gasteiger partial charge in [-0.25, -0.2) is 0 Å². The first kappa shape index (κ1) is 35.0. The number of aldehydes is 1. The van der Waals surface area contributed by atoms with Crippen LogP contribution >= 0.6 is 0 Å². The van der Waals surface area contributed by atoms with Crippen LogP contribution in [0.3, 0.4) is 0 Å². The molecule has 1 rings (SSSR count). The summed E-state index contributed by atoms with van der Waals surface area (Å²) in [7, 11) is 1.71. The van der Waals surface area contributed by atoms with E-state index in [1.807, 2.05) is 70.2 Å². The van der Waals surface area contributed by atoms with Crippen molar-refractivity contribution in [2.24, 2.45) is 16.5 Å². The third kappa shape index (κ3) is 22.6. The van der Waals surface area contributed by atoms with Crippen LogP contribution in [0.25, 0.3) is 0 Å². The van der Waals surface area contributed by atoms with E-state index in [0.717, 1.165) is 31.1 Å². The predicted molar refractivity (Wildman–Crippen MR) is 151 cm³/mol. The van der Waals surface area contributed by atoms with E-state index >= 15 is 0 Å². The number of benzene rings is 1. The van der Waals surface area contributed by atoms with Gasteiger partial charge in [0, 0.05) is 20.5 Å². The van der Waals surface area contributed by atoms with Crippen molar-refractivity contribution in [2.45, 2.75) is 78.9 Å². The van der Waals surface area contributed by atoms with Gasteiger partial charge in [-0.15, -0.1) is 0 Å². The Morgan fingerprint density at radius 1 is 1.11 bits per heavy atom. The fourth-order valence-corrected chi connectivity index (χ4v) is 2.20. The minimum Gasteiger partial charge on any atom is -0.480 e. The maximum atomic E-state index is 10.9. The molecule has 0 spiro atoms. The number of hydrogen-bond acceptors (Lipinski definition) is 5. The highest BCUT2D eigenvalue weighted by atomic mass is 16.5. The molecule has 0 aliphatic carbocycles. The molecule has 0 fully saturated rings. The molecule has 1 aromatic carbocycles. The minimum absolute atomic E-state index is 0.0417. The molecule has 7 heteroatoms. The summed E-state index contributed by atoms with van der Waals surface area (Å²) in [6, 6.07) is 7.80. The predicted octanol–water partition coefficient (Wildman–Crippen LogP) is 5.33. The van der Waals surface area contributed by atoms with E-state index in [1.54, 1.807) is 27.0 Å². The first-order valence-electron chi connectivity index (χ1n) is 12.0. The van der Waals surface area contributed by atoms with Crippen LogP contribution in [0.15, 0.2) is 65.7 Å². The molecule has 202 valence electrons. The van der Waals surface area contributed by atoms with Crippen molar-refractivity contribution >= 4 is 18.0 Å². The second kappa shape index (κ2) is 19.1. The summed E-state index contributed by atoms with van der Waals surface area (Å²) in [5.41, 5.74) is 11.9. The number of hydrogen-bond donors (Lipinski definition) is 2. The number of nitrogens with zero attached hydrogens (tertiary/aromatic N) is 1. The van der Waals surface area contributed by atoms with Gasteiger partial charge in [-0.1, -0.05) is 43.0 Å². The smallest absolute Gasteiger partial charge is 0.214 e. The number of ether oxygens (including phenoxy) is 2. The lowest BCUT2D eigenvalue weighted by molar-refractivity contribution is -0.119. The lowest BCUT2D eigenvalue weighted by Crippen LogP contribution is -2.29. The summed E-state index contributed by atoms with van der Waals surface area (Å²) >= 11 is 0. The van der Waals surface area contributed by atoms with Gasteiger partial charge in [0.05, 0.1) is 18.0 Å². The van der Waals surface area contributed by atoms with Crippen LogP contribution in [-0.2, 0) is 20.7 Å². The lowest BCUT2D eigenvalue weighted by atomic mass is 10.1. The molecular formula is C29H47N3O4. The number of nitrogens with two attached hydrogens (primary N) is 2. The van der Waals surface area contributed by atoms with Crippen LogP contribution in [0.2, 0.25) is 0 Å². The number of aryl methyl sites for hydroxylation is 1. The number of rotatable bonds is 11. The van der Waals surface area contributed by atoms with E-state index in [4.69, 9.17) is 15.2 Å². The monoisotopic (exact) mass is 501 g/mol. The molecule has 0 aromatic heterocycles. The number of allylic oxidation sites excluding steroid dienone is 3. The Bertz CT molecular complexity index is 858. The van der Waals surface area contributed by atoms with Crippen molar-refractivity contribution in [1.29, 1.82) is 0 Å². The third-order valence-electron chi connectivity index (χ3n) is 4.33. The van der Waals surface area contributed by atoms with Crippen molar-refractivity contribution < 1.29 is 19.1 Å². The Kier molecular flexibility index (Phi) is 18.5. The third-order valence-corrected chi connectivity index (χ3v) is 4.33. The first-order valence-corrected chi connectivity index (χ1v) is 12.0. The van der Waals surface area contributed by atoms with Crippen LogP contribution in [0, 0.1) is 0 Å². The highest BCUT2D eigenvalue weighted by molar-refractivity contribution is 5.80. The Morgan fingerprint density at radius 3 is 2.06 bits per heavy atom. The molecule has 0 bridgehead atoms. The minimum atomic E-state index is -0.807. The summed E-state index contributed by atoms with van der Waals surface area (Å²) in [6.45, 7) is 17.2. The second-order valence-electron chi connectivity index (χ2n) is 9.53. The zero-order valence-corrected chi connectivity index (χ0v) is 23.5. The van der Waals surface area contributed by atoms with Crippen molar-refractivity contribution in [3.63, 3.8) is 0 Å².